The molecule has 1 saturated carbocycles. The van der Waals surface area contributed by atoms with Gasteiger partial charge in [0.1, 0.15) is 5.82 Å². The lowest BCUT2D eigenvalue weighted by molar-refractivity contribution is -0.115. The lowest BCUT2D eigenvalue weighted by Crippen LogP contribution is -2.23. The Kier molecular flexibility index (Phi) is 4.68. The molecule has 0 bridgehead atoms. The van der Waals surface area contributed by atoms with Crippen molar-refractivity contribution in [2.45, 2.75) is 49.6 Å². The molecule has 0 spiro atoms. The minimum Gasteiger partial charge on any atom is -0.325 e. The van der Waals surface area contributed by atoms with E-state index in [1.54, 1.807) is 0 Å². The minimum absolute atomic E-state index is 0.0232. The Labute approximate surface area is 157 Å². The van der Waals surface area contributed by atoms with Gasteiger partial charge in [0, 0.05) is 23.5 Å². The molecule has 4 rings (SSSR count). The van der Waals surface area contributed by atoms with Crippen molar-refractivity contribution in [3.8, 4) is 0 Å². The topological polar surface area (TPSA) is 59.8 Å². The van der Waals surface area contributed by atoms with Crippen molar-refractivity contribution in [1.29, 1.82) is 0 Å². The van der Waals surface area contributed by atoms with Crippen LogP contribution < -0.4 is 5.32 Å². The van der Waals surface area contributed by atoms with Crippen LogP contribution in [0, 0.1) is 0 Å². The van der Waals surface area contributed by atoms with Gasteiger partial charge in [-0.2, -0.15) is 0 Å². The number of rotatable bonds is 6. The lowest BCUT2D eigenvalue weighted by atomic mass is 10.1. The first kappa shape index (κ1) is 17.1. The number of fused-ring (bicyclic) bond motifs is 1. The fourth-order valence-corrected chi connectivity index (χ4v) is 4.03. The highest BCUT2D eigenvalue weighted by atomic mass is 32.2. The van der Waals surface area contributed by atoms with Crippen LogP contribution in [-0.4, -0.2) is 25.9 Å². The number of amides is 1. The third-order valence-corrected chi connectivity index (χ3v) is 5.78. The van der Waals surface area contributed by atoms with Crippen molar-refractivity contribution in [1.82, 2.24) is 14.8 Å². The molecule has 0 saturated heterocycles. The normalized spacial score (nSPS) is 15.2. The average molecular weight is 366 g/mol. The quantitative estimate of drug-likeness (QED) is 0.655. The van der Waals surface area contributed by atoms with Gasteiger partial charge in [-0.3, -0.25) is 4.79 Å². The molecule has 3 aromatic rings. The lowest BCUT2D eigenvalue weighted by Gasteiger charge is -2.14. The SMILES string of the molecule is CCn1c(S[C@@H](C)C(=O)Nc2cccc3ccccc23)nnc1C1CC1. The van der Waals surface area contributed by atoms with Crippen LogP contribution in [0.15, 0.2) is 47.6 Å². The van der Waals surface area contributed by atoms with Crippen molar-refractivity contribution in [2.24, 2.45) is 0 Å². The first-order valence-corrected chi connectivity index (χ1v) is 9.93. The summed E-state index contributed by atoms with van der Waals surface area (Å²) in [6.07, 6.45) is 2.39. The third-order valence-electron chi connectivity index (χ3n) is 4.70. The molecule has 134 valence electrons. The van der Waals surface area contributed by atoms with Crippen LogP contribution in [-0.2, 0) is 11.3 Å². The van der Waals surface area contributed by atoms with Crippen molar-refractivity contribution >= 4 is 34.1 Å². The van der Waals surface area contributed by atoms with Crippen molar-refractivity contribution < 1.29 is 4.79 Å². The molecule has 5 nitrogen and oxygen atoms in total. The third kappa shape index (κ3) is 3.33. The van der Waals surface area contributed by atoms with E-state index >= 15 is 0 Å². The summed E-state index contributed by atoms with van der Waals surface area (Å²) in [5, 5.41) is 14.5. The van der Waals surface area contributed by atoms with E-state index in [2.05, 4.69) is 27.0 Å². The zero-order valence-corrected chi connectivity index (χ0v) is 15.8. The van der Waals surface area contributed by atoms with E-state index in [9.17, 15) is 4.79 Å². The second-order valence-corrected chi connectivity index (χ2v) is 7.94. The fourth-order valence-electron chi connectivity index (χ4n) is 3.11. The van der Waals surface area contributed by atoms with Gasteiger partial charge >= 0.3 is 0 Å². The number of hydrogen-bond acceptors (Lipinski definition) is 4. The summed E-state index contributed by atoms with van der Waals surface area (Å²) in [7, 11) is 0. The maximum atomic E-state index is 12.7. The monoisotopic (exact) mass is 366 g/mol. The predicted octanol–water partition coefficient (Wildman–Crippen LogP) is 4.45. The molecule has 0 radical (unpaired) electrons. The molecule has 1 aliphatic carbocycles. The summed E-state index contributed by atoms with van der Waals surface area (Å²) in [6.45, 7) is 4.84. The second kappa shape index (κ2) is 7.11. The molecular formula is C20H22N4OS. The second-order valence-electron chi connectivity index (χ2n) is 6.64. The molecule has 2 aromatic carbocycles. The van der Waals surface area contributed by atoms with Crippen LogP contribution in [0.2, 0.25) is 0 Å². The van der Waals surface area contributed by atoms with Gasteiger partial charge in [-0.25, -0.2) is 0 Å². The molecule has 1 aromatic heterocycles. The number of nitrogens with zero attached hydrogens (tertiary/aromatic N) is 3. The van der Waals surface area contributed by atoms with Crippen LogP contribution in [0.5, 0.6) is 0 Å². The van der Waals surface area contributed by atoms with E-state index in [-0.39, 0.29) is 11.2 Å². The van der Waals surface area contributed by atoms with Crippen molar-refractivity contribution in [3.05, 3.63) is 48.3 Å². The molecule has 1 aliphatic rings. The summed E-state index contributed by atoms with van der Waals surface area (Å²) >= 11 is 1.47. The Balaban J connectivity index is 1.50. The maximum absolute atomic E-state index is 12.7. The van der Waals surface area contributed by atoms with E-state index < -0.39 is 0 Å². The van der Waals surface area contributed by atoms with Gasteiger partial charge in [0.15, 0.2) is 5.16 Å². The smallest absolute Gasteiger partial charge is 0.237 e. The number of aromatic nitrogens is 3. The van der Waals surface area contributed by atoms with Crippen LogP contribution in [0.1, 0.15) is 38.4 Å². The fraction of sp³-hybridized carbons (Fsp3) is 0.350. The van der Waals surface area contributed by atoms with Crippen LogP contribution >= 0.6 is 11.8 Å². The highest BCUT2D eigenvalue weighted by Gasteiger charge is 2.30. The standard InChI is InChI=1S/C20H22N4OS/c1-3-24-18(15-11-12-15)22-23-20(24)26-13(2)19(25)21-17-10-6-8-14-7-4-5-9-16(14)17/h4-10,13,15H,3,11-12H2,1-2H3,(H,21,25)/t13-/m0/s1. The largest absolute Gasteiger partial charge is 0.325 e. The van der Waals surface area contributed by atoms with Crippen molar-refractivity contribution in [2.75, 3.05) is 5.32 Å². The van der Waals surface area contributed by atoms with Gasteiger partial charge in [-0.05, 0) is 38.1 Å². The Hall–Kier alpha value is -2.34. The van der Waals surface area contributed by atoms with E-state index in [0.29, 0.717) is 5.92 Å². The number of thioether (sulfide) groups is 1. The minimum atomic E-state index is -0.254. The Morgan fingerprint density at radius 1 is 1.23 bits per heavy atom. The molecule has 0 aliphatic heterocycles. The maximum Gasteiger partial charge on any atom is 0.237 e. The van der Waals surface area contributed by atoms with Crippen molar-refractivity contribution in [3.63, 3.8) is 0 Å². The van der Waals surface area contributed by atoms with Gasteiger partial charge in [0.05, 0.1) is 5.25 Å². The Morgan fingerprint density at radius 2 is 2.00 bits per heavy atom. The van der Waals surface area contributed by atoms with Crippen LogP contribution in [0.4, 0.5) is 5.69 Å². The zero-order chi connectivity index (χ0) is 18.1. The highest BCUT2D eigenvalue weighted by Crippen LogP contribution is 2.40. The molecule has 1 heterocycles. The van der Waals surface area contributed by atoms with Crippen LogP contribution in [0.25, 0.3) is 10.8 Å². The van der Waals surface area contributed by atoms with Gasteiger partial charge in [0.25, 0.3) is 0 Å². The molecule has 1 fully saturated rings. The first-order chi connectivity index (χ1) is 12.7. The molecule has 1 N–H and O–H groups in total. The summed E-state index contributed by atoms with van der Waals surface area (Å²) in [4.78, 5) is 12.7. The molecule has 1 amide bonds. The van der Waals surface area contributed by atoms with E-state index in [1.807, 2.05) is 49.4 Å². The predicted molar refractivity (Wildman–Crippen MR) is 106 cm³/mol. The first-order valence-electron chi connectivity index (χ1n) is 9.05. The molecule has 0 unspecified atom stereocenters. The van der Waals surface area contributed by atoms with Gasteiger partial charge < -0.3 is 9.88 Å². The van der Waals surface area contributed by atoms with Gasteiger partial charge in [-0.1, -0.05) is 48.2 Å². The number of benzene rings is 2. The summed E-state index contributed by atoms with van der Waals surface area (Å²) < 4.78 is 2.14. The number of carbonyl (C=O) groups is 1. The molecule has 6 heteroatoms. The van der Waals surface area contributed by atoms with E-state index in [0.717, 1.165) is 34.0 Å². The van der Waals surface area contributed by atoms with Gasteiger partial charge in [0.2, 0.25) is 5.91 Å². The Bertz CT molecular complexity index is 943. The summed E-state index contributed by atoms with van der Waals surface area (Å²) in [5.41, 5.74) is 0.844. The summed E-state index contributed by atoms with van der Waals surface area (Å²) in [6, 6.07) is 14.0. The molecular weight excluding hydrogens is 344 g/mol. The number of nitrogens with one attached hydrogen (secondary N) is 1. The molecule has 1 atom stereocenters. The average Bonchev–Trinajstić information content (AvgIpc) is 3.43. The number of carbonyl (C=O) groups excluding carboxylic acids is 1. The number of hydrogen-bond donors (Lipinski definition) is 1. The summed E-state index contributed by atoms with van der Waals surface area (Å²) in [5.74, 6) is 1.60. The van der Waals surface area contributed by atoms with E-state index in [4.69, 9.17) is 0 Å². The zero-order valence-electron chi connectivity index (χ0n) is 15.0. The number of anilines is 1. The van der Waals surface area contributed by atoms with Gasteiger partial charge in [-0.15, -0.1) is 10.2 Å². The Morgan fingerprint density at radius 3 is 2.77 bits per heavy atom. The van der Waals surface area contributed by atoms with E-state index in [1.165, 1.54) is 24.6 Å². The highest BCUT2D eigenvalue weighted by molar-refractivity contribution is 8.00. The molecule has 26 heavy (non-hydrogen) atoms. The van der Waals surface area contributed by atoms with Crippen LogP contribution in [0.3, 0.4) is 0 Å².